The molecule has 7 nitrogen and oxygen atoms in total. The summed E-state index contributed by atoms with van der Waals surface area (Å²) in [4.78, 5) is 11.2. The van der Waals surface area contributed by atoms with Crippen molar-refractivity contribution in [2.45, 2.75) is 24.8 Å². The fourth-order valence-corrected chi connectivity index (χ4v) is 2.01. The number of hydrogen-bond donors (Lipinski definition) is 1. The monoisotopic (exact) mass is 298 g/mol. The second-order valence-corrected chi connectivity index (χ2v) is 5.33. The highest BCUT2D eigenvalue weighted by atomic mass is 32.2. The minimum absolute atomic E-state index is 0.0728. The van der Waals surface area contributed by atoms with Crippen molar-refractivity contribution in [3.05, 3.63) is 29.8 Å². The predicted octanol–water partition coefficient (Wildman–Crippen LogP) is 0.660. The molecule has 0 aliphatic rings. The molecule has 1 unspecified atom stereocenters. The highest BCUT2D eigenvalue weighted by molar-refractivity contribution is 7.86. The van der Waals surface area contributed by atoms with E-state index in [1.165, 1.54) is 12.1 Å². The summed E-state index contributed by atoms with van der Waals surface area (Å²) in [5, 5.41) is 8.74. The summed E-state index contributed by atoms with van der Waals surface area (Å²) < 4.78 is 32.7. The Kier molecular flexibility index (Phi) is 5.64. The first-order chi connectivity index (χ1) is 9.40. The smallest absolute Gasteiger partial charge is 0.340 e. The predicted molar refractivity (Wildman–Crippen MR) is 68.6 cm³/mol. The molecule has 108 valence electrons. The van der Waals surface area contributed by atoms with Crippen LogP contribution in [0.3, 0.4) is 0 Å². The summed E-state index contributed by atoms with van der Waals surface area (Å²) in [7, 11) is -4.10. The fourth-order valence-electron chi connectivity index (χ4n) is 1.22. The molecule has 20 heavy (non-hydrogen) atoms. The molecule has 0 radical (unpaired) electrons. The van der Waals surface area contributed by atoms with E-state index in [9.17, 15) is 13.2 Å². The van der Waals surface area contributed by atoms with Gasteiger partial charge < -0.3 is 4.74 Å². The van der Waals surface area contributed by atoms with Gasteiger partial charge in [0.25, 0.3) is 0 Å². The van der Waals surface area contributed by atoms with Gasteiger partial charge in [0.15, 0.2) is 0 Å². The highest BCUT2D eigenvalue weighted by Crippen LogP contribution is 2.12. The number of hydroxylamine groups is 1. The molecule has 0 aromatic heterocycles. The number of carbonyl (C=O) groups excluding carboxylic acids is 1. The summed E-state index contributed by atoms with van der Waals surface area (Å²) >= 11 is 0. The van der Waals surface area contributed by atoms with E-state index in [1.54, 1.807) is 25.1 Å². The number of carbonyl (C=O) groups is 1. The van der Waals surface area contributed by atoms with Crippen molar-refractivity contribution in [3.63, 3.8) is 0 Å². The zero-order chi connectivity index (χ0) is 15.2. The van der Waals surface area contributed by atoms with Crippen molar-refractivity contribution < 1.29 is 22.2 Å². The molecular formula is C12H14N2O5S. The molecule has 0 aliphatic heterocycles. The third-order valence-electron chi connectivity index (χ3n) is 2.24. The standard InChI is InChI=1S/C12H14N2O5S/c1-3-18-12(15)11(8-13)14-19-20(16,17)10-6-4-9(2)5-7-10/h4-7,11,14H,3H2,1-2H3. The molecule has 0 fully saturated rings. The Labute approximate surface area is 117 Å². The van der Waals surface area contributed by atoms with Crippen LogP contribution < -0.4 is 5.48 Å². The number of ether oxygens (including phenoxy) is 1. The lowest BCUT2D eigenvalue weighted by molar-refractivity contribution is -0.145. The van der Waals surface area contributed by atoms with Gasteiger partial charge in [-0.1, -0.05) is 17.7 Å². The molecule has 1 aromatic rings. The van der Waals surface area contributed by atoms with E-state index >= 15 is 0 Å². The van der Waals surface area contributed by atoms with Gasteiger partial charge in [0, 0.05) is 0 Å². The van der Waals surface area contributed by atoms with Crippen molar-refractivity contribution in [2.24, 2.45) is 0 Å². The first-order valence-corrected chi connectivity index (χ1v) is 7.13. The average Bonchev–Trinajstić information content (AvgIpc) is 2.40. The van der Waals surface area contributed by atoms with Crippen LogP contribution in [0.4, 0.5) is 0 Å². The molecule has 1 rings (SSSR count). The first kappa shape index (κ1) is 16.1. The fraction of sp³-hybridized carbons (Fsp3) is 0.333. The first-order valence-electron chi connectivity index (χ1n) is 5.72. The lowest BCUT2D eigenvalue weighted by Gasteiger charge is -2.10. The average molecular weight is 298 g/mol. The molecule has 1 N–H and O–H groups in total. The Hall–Kier alpha value is -1.95. The van der Waals surface area contributed by atoms with Gasteiger partial charge in [-0.05, 0) is 26.0 Å². The number of hydrogen-bond acceptors (Lipinski definition) is 7. The molecule has 8 heteroatoms. The van der Waals surface area contributed by atoms with Gasteiger partial charge in [-0.3, -0.25) is 0 Å². The molecule has 1 aromatic carbocycles. The van der Waals surface area contributed by atoms with Crippen LogP contribution in [0.25, 0.3) is 0 Å². The number of esters is 1. The summed E-state index contributed by atoms with van der Waals surface area (Å²) in [5.41, 5.74) is 2.77. The van der Waals surface area contributed by atoms with Gasteiger partial charge in [-0.15, -0.1) is 0 Å². The molecular weight excluding hydrogens is 284 g/mol. The SMILES string of the molecule is CCOC(=O)C(C#N)NOS(=O)(=O)c1ccc(C)cc1. The van der Waals surface area contributed by atoms with Gasteiger partial charge in [-0.2, -0.15) is 23.4 Å². The molecule has 0 aliphatic carbocycles. The van der Waals surface area contributed by atoms with Crippen molar-refractivity contribution in [2.75, 3.05) is 6.61 Å². The third kappa shape index (κ3) is 4.31. The van der Waals surface area contributed by atoms with E-state index in [1.807, 2.05) is 12.4 Å². The maximum absolute atomic E-state index is 11.8. The van der Waals surface area contributed by atoms with Crippen LogP contribution in [0.1, 0.15) is 12.5 Å². The van der Waals surface area contributed by atoms with Crippen LogP contribution in [0.15, 0.2) is 29.2 Å². The molecule has 0 saturated heterocycles. The Bertz CT molecular complexity index is 604. The van der Waals surface area contributed by atoms with Gasteiger partial charge in [-0.25, -0.2) is 4.79 Å². The summed E-state index contributed by atoms with van der Waals surface area (Å²) in [5.74, 6) is -0.908. The Balaban J connectivity index is 2.75. The van der Waals surface area contributed by atoms with E-state index in [-0.39, 0.29) is 11.5 Å². The number of nitriles is 1. The summed E-state index contributed by atoms with van der Waals surface area (Å²) in [6, 6.07) is 5.95. The lowest BCUT2D eigenvalue weighted by Crippen LogP contribution is -2.38. The van der Waals surface area contributed by atoms with E-state index in [0.717, 1.165) is 5.56 Å². The van der Waals surface area contributed by atoms with E-state index in [4.69, 9.17) is 5.26 Å². The summed E-state index contributed by atoms with van der Waals surface area (Å²) in [6.45, 7) is 3.45. The van der Waals surface area contributed by atoms with Crippen LogP contribution in [0.2, 0.25) is 0 Å². The van der Waals surface area contributed by atoms with Gasteiger partial charge >= 0.3 is 16.1 Å². The Morgan fingerprint density at radius 1 is 1.40 bits per heavy atom. The normalized spacial score (nSPS) is 12.4. The number of rotatable bonds is 6. The second kappa shape index (κ2) is 7.00. The minimum Gasteiger partial charge on any atom is -0.464 e. The third-order valence-corrected chi connectivity index (χ3v) is 3.40. The van der Waals surface area contributed by atoms with Gasteiger partial charge in [0.05, 0.1) is 17.6 Å². The van der Waals surface area contributed by atoms with Crippen molar-refractivity contribution >= 4 is 16.1 Å². The minimum atomic E-state index is -4.10. The molecule has 0 spiro atoms. The number of nitrogens with zero attached hydrogens (tertiary/aromatic N) is 1. The van der Waals surface area contributed by atoms with Crippen LogP contribution in [0, 0.1) is 18.3 Å². The molecule has 0 amide bonds. The van der Waals surface area contributed by atoms with Gasteiger partial charge in [0.2, 0.25) is 6.04 Å². The zero-order valence-electron chi connectivity index (χ0n) is 11.0. The second-order valence-electron chi connectivity index (χ2n) is 3.78. The molecule has 1 atom stereocenters. The van der Waals surface area contributed by atoms with Crippen molar-refractivity contribution in [1.82, 2.24) is 5.48 Å². The largest absolute Gasteiger partial charge is 0.464 e. The number of benzene rings is 1. The van der Waals surface area contributed by atoms with E-state index in [0.29, 0.717) is 0 Å². The molecule has 0 heterocycles. The molecule has 0 saturated carbocycles. The Morgan fingerprint density at radius 2 is 2.00 bits per heavy atom. The highest BCUT2D eigenvalue weighted by Gasteiger charge is 2.23. The summed E-state index contributed by atoms with van der Waals surface area (Å²) in [6.07, 6.45) is 0. The quantitative estimate of drug-likeness (QED) is 0.607. The van der Waals surface area contributed by atoms with Gasteiger partial charge in [0.1, 0.15) is 0 Å². The van der Waals surface area contributed by atoms with Crippen molar-refractivity contribution in [3.8, 4) is 6.07 Å². The van der Waals surface area contributed by atoms with Crippen LogP contribution >= 0.6 is 0 Å². The number of aryl methyl sites for hydroxylation is 1. The van der Waals surface area contributed by atoms with Crippen LogP contribution in [-0.2, 0) is 23.9 Å². The number of nitrogens with one attached hydrogen (secondary N) is 1. The maximum Gasteiger partial charge on any atom is 0.340 e. The molecule has 0 bridgehead atoms. The zero-order valence-corrected chi connectivity index (χ0v) is 11.8. The van der Waals surface area contributed by atoms with Crippen LogP contribution in [0.5, 0.6) is 0 Å². The van der Waals surface area contributed by atoms with Crippen molar-refractivity contribution in [1.29, 1.82) is 5.26 Å². The van der Waals surface area contributed by atoms with E-state index in [2.05, 4.69) is 9.02 Å². The van der Waals surface area contributed by atoms with E-state index < -0.39 is 22.1 Å². The maximum atomic E-state index is 11.8. The van der Waals surface area contributed by atoms with Crippen LogP contribution in [-0.4, -0.2) is 27.0 Å². The Morgan fingerprint density at radius 3 is 2.50 bits per heavy atom. The lowest BCUT2D eigenvalue weighted by atomic mass is 10.2. The topological polar surface area (TPSA) is 105 Å².